The summed E-state index contributed by atoms with van der Waals surface area (Å²) in [5, 5.41) is 15.7. The second-order valence-corrected chi connectivity index (χ2v) is 5.91. The first kappa shape index (κ1) is 20.3. The monoisotopic (exact) mass is 471 g/mol. The highest BCUT2D eigenvalue weighted by molar-refractivity contribution is 14.0. The molecule has 2 aromatic rings. The molecular weight excluding hydrogens is 448 g/mol. The molecule has 140 valence electrons. The van der Waals surface area contributed by atoms with Crippen molar-refractivity contribution in [3.8, 4) is 11.5 Å². The Hall–Kier alpha value is -2.03. The maximum atomic E-state index is 13.4. The van der Waals surface area contributed by atoms with Crippen molar-refractivity contribution in [1.29, 1.82) is 0 Å². The fourth-order valence-corrected chi connectivity index (χ4v) is 2.74. The molecule has 5 nitrogen and oxygen atoms in total. The third-order valence-electron chi connectivity index (χ3n) is 3.99. The molecule has 0 saturated heterocycles. The van der Waals surface area contributed by atoms with Gasteiger partial charge in [-0.3, -0.25) is 0 Å². The summed E-state index contributed by atoms with van der Waals surface area (Å²) in [5.41, 5.74) is 1.91. The van der Waals surface area contributed by atoms with Gasteiger partial charge in [0.05, 0.1) is 13.1 Å². The Morgan fingerprint density at radius 1 is 1.27 bits per heavy atom. The van der Waals surface area contributed by atoms with Crippen molar-refractivity contribution in [1.82, 2.24) is 10.6 Å². The van der Waals surface area contributed by atoms with Gasteiger partial charge in [0.2, 0.25) is 0 Å². The third kappa shape index (κ3) is 5.23. The van der Waals surface area contributed by atoms with Gasteiger partial charge in [-0.15, -0.1) is 24.0 Å². The van der Waals surface area contributed by atoms with Crippen LogP contribution in [0.15, 0.2) is 47.5 Å². The molecular formula is C19H23FIN3O2. The zero-order valence-electron chi connectivity index (χ0n) is 14.5. The fourth-order valence-electron chi connectivity index (χ4n) is 2.74. The standard InChI is InChI=1S/C19H22FN3O2.HI/c1-2-21-19(22-11-13-7-8-17(24)16(20)9-13)23-12-15-10-14-5-3-4-6-18(14)25-15;/h3-9,15,24H,2,10-12H2,1H3,(H2,21,22,23);1H. The van der Waals surface area contributed by atoms with E-state index >= 15 is 0 Å². The molecule has 0 saturated carbocycles. The predicted octanol–water partition coefficient (Wildman–Crippen LogP) is 3.21. The van der Waals surface area contributed by atoms with Gasteiger partial charge in [0, 0.05) is 13.0 Å². The highest BCUT2D eigenvalue weighted by Gasteiger charge is 2.22. The lowest BCUT2D eigenvalue weighted by Gasteiger charge is -2.15. The summed E-state index contributed by atoms with van der Waals surface area (Å²) < 4.78 is 19.3. The van der Waals surface area contributed by atoms with Crippen LogP contribution >= 0.6 is 24.0 Å². The van der Waals surface area contributed by atoms with Crippen molar-refractivity contribution in [2.75, 3.05) is 13.1 Å². The summed E-state index contributed by atoms with van der Waals surface area (Å²) in [6.45, 7) is 3.66. The number of para-hydroxylation sites is 1. The van der Waals surface area contributed by atoms with Crippen molar-refractivity contribution in [3.05, 3.63) is 59.4 Å². The van der Waals surface area contributed by atoms with E-state index in [1.54, 1.807) is 6.07 Å². The largest absolute Gasteiger partial charge is 0.505 e. The van der Waals surface area contributed by atoms with Crippen LogP contribution in [0.5, 0.6) is 11.5 Å². The van der Waals surface area contributed by atoms with Gasteiger partial charge in [0.15, 0.2) is 17.5 Å². The number of ether oxygens (including phenoxy) is 1. The number of hydrogen-bond acceptors (Lipinski definition) is 3. The smallest absolute Gasteiger partial charge is 0.191 e. The number of halogens is 2. The van der Waals surface area contributed by atoms with E-state index in [2.05, 4.69) is 21.7 Å². The number of nitrogens with zero attached hydrogens (tertiary/aromatic N) is 1. The molecule has 1 unspecified atom stereocenters. The Labute approximate surface area is 169 Å². The molecule has 7 heteroatoms. The molecule has 1 aliphatic rings. The van der Waals surface area contributed by atoms with Gasteiger partial charge in [-0.05, 0) is 36.2 Å². The molecule has 3 N–H and O–H groups in total. The molecule has 1 heterocycles. The number of phenolic OH excluding ortho intramolecular Hbond substituents is 1. The SMILES string of the molecule is CCNC(=NCc1ccc(O)c(F)c1)NCC1Cc2ccccc2O1.I. The van der Waals surface area contributed by atoms with Crippen LogP contribution in [-0.2, 0) is 13.0 Å². The minimum atomic E-state index is -0.636. The Morgan fingerprint density at radius 2 is 2.08 bits per heavy atom. The Balaban J connectivity index is 0.00000243. The molecule has 3 rings (SSSR count). The average molecular weight is 471 g/mol. The lowest BCUT2D eigenvalue weighted by Crippen LogP contribution is -2.42. The molecule has 1 atom stereocenters. The number of fused-ring (bicyclic) bond motifs is 1. The first-order valence-electron chi connectivity index (χ1n) is 8.40. The third-order valence-corrected chi connectivity index (χ3v) is 3.99. The zero-order valence-corrected chi connectivity index (χ0v) is 16.9. The molecule has 0 bridgehead atoms. The summed E-state index contributed by atoms with van der Waals surface area (Å²) in [6.07, 6.45) is 0.929. The van der Waals surface area contributed by atoms with Crippen LogP contribution < -0.4 is 15.4 Å². The summed E-state index contributed by atoms with van der Waals surface area (Å²) >= 11 is 0. The normalized spacial score (nSPS) is 15.6. The molecule has 0 aromatic heterocycles. The molecule has 0 radical (unpaired) electrons. The lowest BCUT2D eigenvalue weighted by molar-refractivity contribution is 0.235. The molecule has 0 fully saturated rings. The highest BCUT2D eigenvalue weighted by Crippen LogP contribution is 2.27. The Bertz CT molecular complexity index is 745. The number of aromatic hydroxyl groups is 1. The van der Waals surface area contributed by atoms with Crippen molar-refractivity contribution >= 4 is 29.9 Å². The Morgan fingerprint density at radius 3 is 2.81 bits per heavy atom. The quantitative estimate of drug-likeness (QED) is 0.356. The number of aliphatic imine (C=N–C) groups is 1. The second kappa shape index (κ2) is 9.61. The van der Waals surface area contributed by atoms with Gasteiger partial charge in [-0.1, -0.05) is 24.3 Å². The summed E-state index contributed by atoms with van der Waals surface area (Å²) in [4.78, 5) is 4.46. The van der Waals surface area contributed by atoms with Gasteiger partial charge in [-0.2, -0.15) is 0 Å². The van der Waals surface area contributed by atoms with E-state index < -0.39 is 5.82 Å². The topological polar surface area (TPSA) is 65.9 Å². The van der Waals surface area contributed by atoms with E-state index in [-0.39, 0.29) is 35.8 Å². The predicted molar refractivity (Wildman–Crippen MR) is 111 cm³/mol. The molecule has 1 aliphatic heterocycles. The van der Waals surface area contributed by atoms with Crippen molar-refractivity contribution < 1.29 is 14.2 Å². The van der Waals surface area contributed by atoms with Gasteiger partial charge in [0.25, 0.3) is 0 Å². The van der Waals surface area contributed by atoms with Crippen LogP contribution in [0.4, 0.5) is 4.39 Å². The molecule has 0 aliphatic carbocycles. The van der Waals surface area contributed by atoms with E-state index in [0.29, 0.717) is 24.6 Å². The number of nitrogens with one attached hydrogen (secondary N) is 2. The van der Waals surface area contributed by atoms with Crippen molar-refractivity contribution in [3.63, 3.8) is 0 Å². The maximum absolute atomic E-state index is 13.4. The molecule has 0 amide bonds. The summed E-state index contributed by atoms with van der Waals surface area (Å²) in [6, 6.07) is 12.3. The number of benzene rings is 2. The van der Waals surface area contributed by atoms with Crippen LogP contribution in [0, 0.1) is 5.82 Å². The van der Waals surface area contributed by atoms with Crippen LogP contribution in [-0.4, -0.2) is 30.3 Å². The van der Waals surface area contributed by atoms with Gasteiger partial charge < -0.3 is 20.5 Å². The number of rotatable bonds is 5. The number of phenols is 1. The fraction of sp³-hybridized carbons (Fsp3) is 0.316. The lowest BCUT2D eigenvalue weighted by atomic mass is 10.1. The highest BCUT2D eigenvalue weighted by atomic mass is 127. The Kier molecular flexibility index (Phi) is 7.50. The van der Waals surface area contributed by atoms with E-state index in [1.807, 2.05) is 25.1 Å². The van der Waals surface area contributed by atoms with Crippen LogP contribution in [0.3, 0.4) is 0 Å². The molecule has 2 aromatic carbocycles. The summed E-state index contributed by atoms with van der Waals surface area (Å²) in [5.74, 6) is 0.602. The second-order valence-electron chi connectivity index (χ2n) is 5.91. The number of guanidine groups is 1. The zero-order chi connectivity index (χ0) is 17.6. The van der Waals surface area contributed by atoms with Gasteiger partial charge in [0.1, 0.15) is 11.9 Å². The van der Waals surface area contributed by atoms with Crippen LogP contribution in [0.2, 0.25) is 0 Å². The van der Waals surface area contributed by atoms with E-state index in [4.69, 9.17) is 4.74 Å². The van der Waals surface area contributed by atoms with Crippen LogP contribution in [0.1, 0.15) is 18.1 Å². The average Bonchev–Trinajstić information content (AvgIpc) is 3.03. The van der Waals surface area contributed by atoms with Crippen molar-refractivity contribution in [2.45, 2.75) is 26.0 Å². The van der Waals surface area contributed by atoms with Gasteiger partial charge >= 0.3 is 0 Å². The number of hydrogen-bond donors (Lipinski definition) is 3. The van der Waals surface area contributed by atoms with E-state index in [1.165, 1.54) is 17.7 Å². The van der Waals surface area contributed by atoms with Gasteiger partial charge in [-0.25, -0.2) is 9.38 Å². The van der Waals surface area contributed by atoms with E-state index in [9.17, 15) is 9.50 Å². The molecule has 26 heavy (non-hydrogen) atoms. The maximum Gasteiger partial charge on any atom is 0.191 e. The van der Waals surface area contributed by atoms with Crippen LogP contribution in [0.25, 0.3) is 0 Å². The minimum absolute atomic E-state index is 0. The minimum Gasteiger partial charge on any atom is -0.505 e. The first-order chi connectivity index (χ1) is 12.2. The van der Waals surface area contributed by atoms with E-state index in [0.717, 1.165) is 18.7 Å². The summed E-state index contributed by atoms with van der Waals surface area (Å²) in [7, 11) is 0. The first-order valence-corrected chi connectivity index (χ1v) is 8.40. The van der Waals surface area contributed by atoms with Crippen molar-refractivity contribution in [2.24, 2.45) is 4.99 Å². The molecule has 0 spiro atoms.